The fourth-order valence-corrected chi connectivity index (χ4v) is 4.19. The van der Waals surface area contributed by atoms with Crippen LogP contribution in [-0.4, -0.2) is 25.2 Å². The Morgan fingerprint density at radius 1 is 1.33 bits per heavy atom. The Kier molecular flexibility index (Phi) is 4.52. The summed E-state index contributed by atoms with van der Waals surface area (Å²) in [6.07, 6.45) is 7.19. The molecule has 18 heavy (non-hydrogen) atoms. The fourth-order valence-electron chi connectivity index (χ4n) is 2.29. The number of sulfonamides is 1. The summed E-state index contributed by atoms with van der Waals surface area (Å²) in [6, 6.07) is 0. The molecule has 0 atom stereocenters. The number of aromatic nitrogens is 2. The van der Waals surface area contributed by atoms with E-state index in [1.807, 2.05) is 0 Å². The summed E-state index contributed by atoms with van der Waals surface area (Å²) in [6.45, 7) is 0.457. The number of rotatable bonds is 6. The Bertz CT molecular complexity index is 480. The van der Waals surface area contributed by atoms with E-state index in [0.29, 0.717) is 6.54 Å². The first kappa shape index (κ1) is 13.7. The van der Waals surface area contributed by atoms with Gasteiger partial charge in [-0.05, 0) is 18.8 Å². The highest BCUT2D eigenvalue weighted by atomic mass is 32.2. The van der Waals surface area contributed by atoms with Crippen LogP contribution in [0.1, 0.15) is 38.5 Å². The third-order valence-electron chi connectivity index (χ3n) is 3.21. The van der Waals surface area contributed by atoms with E-state index < -0.39 is 10.0 Å². The Hall–Kier alpha value is -0.730. The molecule has 1 aromatic heterocycles. The average Bonchev–Trinajstić information content (AvgIpc) is 2.95. The van der Waals surface area contributed by atoms with Crippen LogP contribution in [0.25, 0.3) is 0 Å². The number of anilines is 1. The number of nitrogens with zero attached hydrogens (tertiary/aromatic N) is 2. The molecule has 0 bridgehead atoms. The van der Waals surface area contributed by atoms with E-state index in [0.717, 1.165) is 30.1 Å². The minimum Gasteiger partial charge on any atom is -0.374 e. The van der Waals surface area contributed by atoms with Crippen molar-refractivity contribution in [2.24, 2.45) is 5.92 Å². The van der Waals surface area contributed by atoms with Crippen LogP contribution in [0.3, 0.4) is 0 Å². The monoisotopic (exact) mass is 290 g/mol. The summed E-state index contributed by atoms with van der Waals surface area (Å²) in [7, 11) is -3.52. The van der Waals surface area contributed by atoms with Crippen molar-refractivity contribution in [3.8, 4) is 0 Å². The largest absolute Gasteiger partial charge is 0.374 e. The number of hydrogen-bond donors (Lipinski definition) is 2. The number of nitrogens with one attached hydrogen (secondary N) is 1. The highest BCUT2D eigenvalue weighted by Crippen LogP contribution is 2.28. The topological polar surface area (TPSA) is 98.0 Å². The van der Waals surface area contributed by atoms with Crippen molar-refractivity contribution in [2.75, 3.05) is 12.3 Å². The van der Waals surface area contributed by atoms with Gasteiger partial charge < -0.3 is 5.73 Å². The summed E-state index contributed by atoms with van der Waals surface area (Å²) in [5, 5.41) is 7.21. The molecule has 8 heteroatoms. The molecule has 0 amide bonds. The summed E-state index contributed by atoms with van der Waals surface area (Å²) >= 11 is 0.883. The third-order valence-corrected chi connectivity index (χ3v) is 5.79. The molecule has 0 saturated heterocycles. The zero-order valence-corrected chi connectivity index (χ0v) is 11.8. The van der Waals surface area contributed by atoms with Gasteiger partial charge >= 0.3 is 0 Å². The van der Waals surface area contributed by atoms with Crippen molar-refractivity contribution in [1.82, 2.24) is 14.9 Å². The van der Waals surface area contributed by atoms with Gasteiger partial charge in [0.25, 0.3) is 10.0 Å². The van der Waals surface area contributed by atoms with Gasteiger partial charge in [-0.25, -0.2) is 13.1 Å². The number of hydrogen-bond acceptors (Lipinski definition) is 6. The van der Waals surface area contributed by atoms with Gasteiger partial charge in [-0.1, -0.05) is 37.0 Å². The second-order valence-corrected chi connectivity index (χ2v) is 7.55. The molecular formula is C10H18N4O2S2. The second kappa shape index (κ2) is 5.94. The Morgan fingerprint density at radius 3 is 2.67 bits per heavy atom. The first-order chi connectivity index (χ1) is 8.58. The lowest BCUT2D eigenvalue weighted by Gasteiger charge is -2.08. The summed E-state index contributed by atoms with van der Waals surface area (Å²) < 4.78 is 26.0. The third kappa shape index (κ3) is 3.63. The van der Waals surface area contributed by atoms with Crippen LogP contribution in [0.4, 0.5) is 5.13 Å². The lowest BCUT2D eigenvalue weighted by atomic mass is 10.0. The van der Waals surface area contributed by atoms with E-state index in [1.165, 1.54) is 25.7 Å². The smallest absolute Gasteiger partial charge is 0.269 e. The number of nitrogen functional groups attached to an aromatic ring is 1. The van der Waals surface area contributed by atoms with Crippen molar-refractivity contribution < 1.29 is 8.42 Å². The molecule has 1 heterocycles. The Labute approximate surface area is 111 Å². The Morgan fingerprint density at radius 2 is 2.06 bits per heavy atom. The maximum atomic E-state index is 11.8. The highest BCUT2D eigenvalue weighted by molar-refractivity contribution is 7.91. The molecule has 1 fully saturated rings. The molecular weight excluding hydrogens is 272 g/mol. The molecule has 1 aliphatic rings. The van der Waals surface area contributed by atoms with Crippen molar-refractivity contribution in [2.45, 2.75) is 42.9 Å². The molecule has 6 nitrogen and oxygen atoms in total. The molecule has 1 saturated carbocycles. The lowest BCUT2D eigenvalue weighted by Crippen LogP contribution is -2.25. The van der Waals surface area contributed by atoms with Gasteiger partial charge in [-0.2, -0.15) is 0 Å². The molecule has 0 spiro atoms. The van der Waals surface area contributed by atoms with Gasteiger partial charge in [0.2, 0.25) is 9.47 Å². The molecule has 0 unspecified atom stereocenters. The maximum Gasteiger partial charge on any atom is 0.269 e. The fraction of sp³-hybridized carbons (Fsp3) is 0.800. The zero-order valence-electron chi connectivity index (χ0n) is 10.1. The second-order valence-electron chi connectivity index (χ2n) is 4.60. The van der Waals surface area contributed by atoms with Crippen LogP contribution in [0.15, 0.2) is 4.34 Å². The molecule has 1 aromatic rings. The van der Waals surface area contributed by atoms with Gasteiger partial charge in [0.1, 0.15) is 0 Å². The van der Waals surface area contributed by atoms with E-state index in [2.05, 4.69) is 14.9 Å². The van der Waals surface area contributed by atoms with Crippen LogP contribution in [-0.2, 0) is 10.0 Å². The molecule has 0 aliphatic heterocycles. The zero-order chi connectivity index (χ0) is 13.0. The predicted molar refractivity (Wildman–Crippen MR) is 70.7 cm³/mol. The molecule has 0 radical (unpaired) electrons. The predicted octanol–water partition coefficient (Wildman–Crippen LogP) is 1.37. The minimum absolute atomic E-state index is 0.0548. The van der Waals surface area contributed by atoms with Gasteiger partial charge in [0, 0.05) is 6.54 Å². The van der Waals surface area contributed by atoms with E-state index >= 15 is 0 Å². The van der Waals surface area contributed by atoms with E-state index in [4.69, 9.17) is 5.73 Å². The highest BCUT2D eigenvalue weighted by Gasteiger charge is 2.19. The summed E-state index contributed by atoms with van der Waals surface area (Å²) in [4.78, 5) is 0. The van der Waals surface area contributed by atoms with Crippen molar-refractivity contribution in [3.05, 3.63) is 0 Å². The van der Waals surface area contributed by atoms with E-state index in [9.17, 15) is 8.42 Å². The van der Waals surface area contributed by atoms with Crippen LogP contribution >= 0.6 is 11.3 Å². The summed E-state index contributed by atoms with van der Waals surface area (Å²) in [5.41, 5.74) is 5.37. The van der Waals surface area contributed by atoms with Gasteiger partial charge in [0.05, 0.1) is 0 Å². The van der Waals surface area contributed by atoms with E-state index in [-0.39, 0.29) is 9.47 Å². The molecule has 0 aromatic carbocycles. The van der Waals surface area contributed by atoms with Crippen LogP contribution in [0.2, 0.25) is 0 Å². The number of nitrogens with two attached hydrogens (primary N) is 1. The average molecular weight is 290 g/mol. The molecule has 1 aliphatic carbocycles. The molecule has 3 N–H and O–H groups in total. The van der Waals surface area contributed by atoms with Crippen LogP contribution in [0, 0.1) is 5.92 Å². The lowest BCUT2D eigenvalue weighted by molar-refractivity contribution is 0.480. The van der Waals surface area contributed by atoms with Crippen molar-refractivity contribution >= 4 is 26.5 Å². The van der Waals surface area contributed by atoms with Crippen LogP contribution in [0.5, 0.6) is 0 Å². The van der Waals surface area contributed by atoms with E-state index in [1.54, 1.807) is 0 Å². The van der Waals surface area contributed by atoms with Gasteiger partial charge in [-0.3, -0.25) is 0 Å². The first-order valence-electron chi connectivity index (χ1n) is 6.16. The standard InChI is InChI=1S/C10H18N4O2S2/c11-9-13-14-10(17-9)18(15,16)12-7-3-6-8-4-1-2-5-8/h8,12H,1-7H2,(H2,11,13). The molecule has 102 valence electrons. The summed E-state index contributed by atoms with van der Waals surface area (Å²) in [5.74, 6) is 0.784. The van der Waals surface area contributed by atoms with Crippen molar-refractivity contribution in [3.63, 3.8) is 0 Å². The minimum atomic E-state index is -3.52. The van der Waals surface area contributed by atoms with Crippen molar-refractivity contribution in [1.29, 1.82) is 0 Å². The normalized spacial score (nSPS) is 17.3. The Balaban J connectivity index is 1.75. The van der Waals surface area contributed by atoms with Crippen LogP contribution < -0.4 is 10.5 Å². The SMILES string of the molecule is Nc1nnc(S(=O)(=O)NCCCC2CCCC2)s1. The van der Waals surface area contributed by atoms with Gasteiger partial charge in [-0.15, -0.1) is 10.2 Å². The molecule has 2 rings (SSSR count). The first-order valence-corrected chi connectivity index (χ1v) is 8.46. The maximum absolute atomic E-state index is 11.8. The quantitative estimate of drug-likeness (QED) is 0.771. The van der Waals surface area contributed by atoms with Gasteiger partial charge in [0.15, 0.2) is 0 Å².